The molecule has 0 bridgehead atoms. The molecule has 0 spiro atoms. The Labute approximate surface area is 191 Å². The van der Waals surface area contributed by atoms with Crippen molar-refractivity contribution < 1.29 is 10.2 Å². The topological polar surface area (TPSA) is 40.5 Å². The van der Waals surface area contributed by atoms with Crippen LogP contribution in [-0.2, 0) is 0 Å². The van der Waals surface area contributed by atoms with Gasteiger partial charge in [0.2, 0.25) is 0 Å². The van der Waals surface area contributed by atoms with Crippen molar-refractivity contribution in [2.75, 3.05) is 0 Å². The molecule has 0 aromatic heterocycles. The molecule has 3 saturated carbocycles. The predicted octanol–water partition coefficient (Wildman–Crippen LogP) is 6.92. The Bertz CT molecular complexity index is 748. The molecular weight excluding hydrogens is 380 g/mol. The van der Waals surface area contributed by atoms with Gasteiger partial charge >= 0.3 is 0 Å². The molecule has 2 N–H and O–H groups in total. The molecule has 4 rings (SSSR count). The first-order valence-corrected chi connectivity index (χ1v) is 13.2. The van der Waals surface area contributed by atoms with Gasteiger partial charge in [0.1, 0.15) is 0 Å². The van der Waals surface area contributed by atoms with Crippen molar-refractivity contribution in [1.29, 1.82) is 0 Å². The van der Waals surface area contributed by atoms with Gasteiger partial charge in [-0.3, -0.25) is 0 Å². The summed E-state index contributed by atoms with van der Waals surface area (Å²) in [5, 5.41) is 21.6. The summed E-state index contributed by atoms with van der Waals surface area (Å²) < 4.78 is 0. The van der Waals surface area contributed by atoms with Crippen LogP contribution < -0.4 is 0 Å². The van der Waals surface area contributed by atoms with Crippen molar-refractivity contribution in [2.24, 2.45) is 46.3 Å². The maximum absolute atomic E-state index is 11.3. The molecule has 4 aliphatic carbocycles. The second kappa shape index (κ2) is 8.32. The number of aliphatic hydroxyl groups is 2. The summed E-state index contributed by atoms with van der Waals surface area (Å²) in [6.07, 6.45) is 10.8. The van der Waals surface area contributed by atoms with E-state index >= 15 is 0 Å². The Morgan fingerprint density at radius 1 is 1.03 bits per heavy atom. The zero-order valence-electron chi connectivity index (χ0n) is 21.2. The Balaban J connectivity index is 1.61. The van der Waals surface area contributed by atoms with Crippen LogP contribution in [0.4, 0.5) is 0 Å². The van der Waals surface area contributed by atoms with E-state index in [1.54, 1.807) is 0 Å². The zero-order chi connectivity index (χ0) is 22.7. The third-order valence-electron chi connectivity index (χ3n) is 10.9. The monoisotopic (exact) mass is 428 g/mol. The summed E-state index contributed by atoms with van der Waals surface area (Å²) in [5.41, 5.74) is 4.88. The van der Waals surface area contributed by atoms with Crippen molar-refractivity contribution in [3.63, 3.8) is 0 Å². The van der Waals surface area contributed by atoms with E-state index in [4.69, 9.17) is 0 Å². The third-order valence-corrected chi connectivity index (χ3v) is 10.9. The Kier molecular flexibility index (Phi) is 6.32. The average Bonchev–Trinajstić information content (AvgIpc) is 2.97. The van der Waals surface area contributed by atoms with E-state index in [0.29, 0.717) is 29.6 Å². The van der Waals surface area contributed by atoms with Crippen LogP contribution in [0.1, 0.15) is 99.8 Å². The smallest absolute Gasteiger partial charge is 0.0761 e. The lowest BCUT2D eigenvalue weighted by molar-refractivity contribution is -0.0280. The van der Waals surface area contributed by atoms with Crippen LogP contribution in [-0.4, -0.2) is 22.4 Å². The molecule has 9 unspecified atom stereocenters. The quantitative estimate of drug-likeness (QED) is 0.477. The highest BCUT2D eigenvalue weighted by Crippen LogP contribution is 2.66. The normalized spacial score (nSPS) is 46.0. The lowest BCUT2D eigenvalue weighted by atomic mass is 9.47. The Morgan fingerprint density at radius 3 is 2.39 bits per heavy atom. The van der Waals surface area contributed by atoms with Crippen molar-refractivity contribution in [3.05, 3.63) is 22.8 Å². The van der Waals surface area contributed by atoms with Crippen molar-refractivity contribution in [1.82, 2.24) is 0 Å². The molecule has 0 heterocycles. The van der Waals surface area contributed by atoms with E-state index in [1.807, 2.05) is 0 Å². The third kappa shape index (κ3) is 3.78. The highest BCUT2D eigenvalue weighted by molar-refractivity contribution is 5.34. The van der Waals surface area contributed by atoms with Crippen LogP contribution in [0.2, 0.25) is 0 Å². The van der Waals surface area contributed by atoms with Crippen LogP contribution in [0.15, 0.2) is 22.8 Å². The van der Waals surface area contributed by atoms with E-state index in [2.05, 4.69) is 54.5 Å². The first-order chi connectivity index (χ1) is 14.5. The number of fused-ring (bicyclic) bond motifs is 5. The minimum absolute atomic E-state index is 0.134. The van der Waals surface area contributed by atoms with Crippen LogP contribution in [0.5, 0.6) is 0 Å². The molecule has 9 atom stereocenters. The van der Waals surface area contributed by atoms with Crippen LogP contribution in [0.3, 0.4) is 0 Å². The van der Waals surface area contributed by atoms with Crippen molar-refractivity contribution >= 4 is 0 Å². The molecule has 2 nitrogen and oxygen atoms in total. The number of hydrogen-bond acceptors (Lipinski definition) is 2. The van der Waals surface area contributed by atoms with Gasteiger partial charge in [-0.05, 0) is 110 Å². The Hall–Kier alpha value is -0.600. The standard InChI is InChI=1S/C29H48O2/c1-17(2)20(5)18(3)14-19(4)27-26(31)16-25-23-9-8-21-15-22(30)10-12-28(21,6)24(23)11-13-29(25,27)7/h8,17-18,20,22-26,30-31H,9-16H2,1-7H3. The van der Waals surface area contributed by atoms with Gasteiger partial charge in [0.25, 0.3) is 0 Å². The first kappa shape index (κ1) is 23.6. The fourth-order valence-corrected chi connectivity index (χ4v) is 8.68. The molecule has 0 amide bonds. The fraction of sp³-hybridized carbons (Fsp3) is 0.862. The number of allylic oxidation sites excluding steroid dienone is 2. The van der Waals surface area contributed by atoms with Gasteiger partial charge in [-0.2, -0.15) is 0 Å². The van der Waals surface area contributed by atoms with Crippen molar-refractivity contribution in [3.8, 4) is 0 Å². The average molecular weight is 429 g/mol. The van der Waals surface area contributed by atoms with Gasteiger partial charge in [0, 0.05) is 0 Å². The van der Waals surface area contributed by atoms with Gasteiger partial charge in [-0.1, -0.05) is 58.8 Å². The lowest BCUT2D eigenvalue weighted by Crippen LogP contribution is -2.49. The van der Waals surface area contributed by atoms with E-state index in [0.717, 1.165) is 44.4 Å². The van der Waals surface area contributed by atoms with Crippen LogP contribution in [0.25, 0.3) is 0 Å². The molecule has 2 heteroatoms. The van der Waals surface area contributed by atoms with E-state index < -0.39 is 0 Å². The second-order valence-corrected chi connectivity index (χ2v) is 12.8. The summed E-state index contributed by atoms with van der Waals surface area (Å²) in [6.45, 7) is 16.8. The van der Waals surface area contributed by atoms with Gasteiger partial charge in [0.15, 0.2) is 0 Å². The summed E-state index contributed by atoms with van der Waals surface area (Å²) in [5.74, 6) is 4.09. The minimum Gasteiger partial charge on any atom is -0.393 e. The molecular formula is C29H48O2. The lowest BCUT2D eigenvalue weighted by Gasteiger charge is -2.57. The molecule has 31 heavy (non-hydrogen) atoms. The zero-order valence-corrected chi connectivity index (χ0v) is 21.2. The van der Waals surface area contributed by atoms with Gasteiger partial charge in [-0.25, -0.2) is 0 Å². The first-order valence-electron chi connectivity index (χ1n) is 13.2. The molecule has 3 fully saturated rings. The van der Waals surface area contributed by atoms with E-state index in [-0.39, 0.29) is 23.0 Å². The summed E-state index contributed by atoms with van der Waals surface area (Å²) in [4.78, 5) is 0. The maximum Gasteiger partial charge on any atom is 0.0761 e. The van der Waals surface area contributed by atoms with Gasteiger partial charge in [0.05, 0.1) is 12.2 Å². The van der Waals surface area contributed by atoms with E-state index in [1.165, 1.54) is 29.6 Å². The molecule has 0 saturated heterocycles. The Morgan fingerprint density at radius 2 is 1.71 bits per heavy atom. The highest BCUT2D eigenvalue weighted by Gasteiger charge is 2.59. The second-order valence-electron chi connectivity index (χ2n) is 12.8. The molecule has 0 radical (unpaired) electrons. The summed E-state index contributed by atoms with van der Waals surface area (Å²) >= 11 is 0. The number of hydrogen-bond donors (Lipinski definition) is 2. The number of rotatable bonds is 4. The molecule has 4 aliphatic rings. The van der Waals surface area contributed by atoms with Crippen LogP contribution >= 0.6 is 0 Å². The van der Waals surface area contributed by atoms with Crippen molar-refractivity contribution in [2.45, 2.75) is 112 Å². The van der Waals surface area contributed by atoms with Gasteiger partial charge < -0.3 is 10.2 Å². The maximum atomic E-state index is 11.3. The SMILES string of the molecule is CC(CC(C)C(C)C(C)C)=C1C(O)CC2C3CC=C4CC(O)CCC4(C)C3CCC12C. The van der Waals surface area contributed by atoms with E-state index in [9.17, 15) is 10.2 Å². The molecule has 0 aromatic carbocycles. The minimum atomic E-state index is -0.248. The largest absolute Gasteiger partial charge is 0.393 e. The fourth-order valence-electron chi connectivity index (χ4n) is 8.68. The summed E-state index contributed by atoms with van der Waals surface area (Å²) in [6, 6.07) is 0. The summed E-state index contributed by atoms with van der Waals surface area (Å²) in [7, 11) is 0. The van der Waals surface area contributed by atoms with Gasteiger partial charge in [-0.15, -0.1) is 0 Å². The molecule has 0 aliphatic heterocycles. The highest BCUT2D eigenvalue weighted by atomic mass is 16.3. The molecule has 176 valence electrons. The van der Waals surface area contributed by atoms with Crippen LogP contribution in [0, 0.1) is 46.3 Å². The predicted molar refractivity (Wildman–Crippen MR) is 130 cm³/mol. The molecule has 0 aromatic rings. The number of aliphatic hydroxyl groups excluding tert-OH is 2.